The van der Waals surface area contributed by atoms with E-state index in [4.69, 9.17) is 32.4 Å². The molecule has 1 aromatic heterocycles. The zero-order valence-electron chi connectivity index (χ0n) is 21.9. The van der Waals surface area contributed by atoms with Crippen LogP contribution in [0.2, 0.25) is 28.4 Å². The van der Waals surface area contributed by atoms with E-state index in [1.165, 1.54) is 23.4 Å². The third-order valence-corrected chi connectivity index (χ3v) is 11.6. The smallest absolute Gasteiger partial charge is 0.264 e. The van der Waals surface area contributed by atoms with Crippen molar-refractivity contribution in [1.29, 1.82) is 0 Å². The van der Waals surface area contributed by atoms with E-state index in [1.54, 1.807) is 6.07 Å². The molecule has 1 amide bonds. The third kappa shape index (κ3) is 7.28. The van der Waals surface area contributed by atoms with Gasteiger partial charge in [-0.2, -0.15) is 0 Å². The molecule has 0 spiro atoms. The van der Waals surface area contributed by atoms with Gasteiger partial charge in [0.05, 0.1) is 12.6 Å². The van der Waals surface area contributed by atoms with E-state index in [0.717, 1.165) is 5.56 Å². The fourth-order valence-corrected chi connectivity index (χ4v) is 5.36. The predicted molar refractivity (Wildman–Crippen MR) is 149 cm³/mol. The minimum absolute atomic E-state index is 0.0279. The lowest BCUT2D eigenvalue weighted by Crippen LogP contribution is -2.47. The fourth-order valence-electron chi connectivity index (χ4n) is 3.45. The molecule has 1 unspecified atom stereocenters. The Morgan fingerprint density at radius 2 is 1.70 bits per heavy atom. The van der Waals surface area contributed by atoms with Crippen LogP contribution in [0, 0.1) is 5.82 Å². The predicted octanol–water partition coefficient (Wildman–Crippen LogP) is 7.56. The van der Waals surface area contributed by atoms with E-state index in [1.807, 2.05) is 37.3 Å². The molecule has 198 valence electrons. The van der Waals surface area contributed by atoms with Crippen LogP contribution in [0.3, 0.4) is 0 Å². The van der Waals surface area contributed by atoms with Gasteiger partial charge in [-0.05, 0) is 42.8 Å². The lowest BCUT2D eigenvalue weighted by molar-refractivity contribution is 0.0969. The molecule has 0 radical (unpaired) electrons. The van der Waals surface area contributed by atoms with Gasteiger partial charge in [0.2, 0.25) is 0 Å². The molecule has 0 aliphatic rings. The summed E-state index contributed by atoms with van der Waals surface area (Å²) in [7, 11) is -2.14. The number of hydrogen-bond acceptors (Lipinski definition) is 5. The highest BCUT2D eigenvalue weighted by atomic mass is 35.5. The highest BCUT2D eigenvalue weighted by Crippen LogP contribution is 2.38. The van der Waals surface area contributed by atoms with E-state index < -0.39 is 20.0 Å². The number of carbonyl (C=O) groups excluding carboxylic acids is 1. The molecular weight excluding hydrogens is 532 g/mol. The molecule has 37 heavy (non-hydrogen) atoms. The zero-order valence-corrected chi connectivity index (χ0v) is 24.4. The Bertz CT molecular complexity index is 1220. The Labute approximate surface area is 228 Å². The van der Waals surface area contributed by atoms with Gasteiger partial charge < -0.3 is 14.1 Å². The Morgan fingerprint density at radius 1 is 1.08 bits per heavy atom. The first-order chi connectivity index (χ1) is 17.3. The summed E-state index contributed by atoms with van der Waals surface area (Å²) in [6.45, 7) is 12.9. The highest BCUT2D eigenvalue weighted by molar-refractivity contribution is 6.74. The van der Waals surface area contributed by atoms with Crippen molar-refractivity contribution < 1.29 is 18.3 Å². The van der Waals surface area contributed by atoms with Gasteiger partial charge in [-0.15, -0.1) is 0 Å². The summed E-state index contributed by atoms with van der Waals surface area (Å²) in [5.74, 6) is -1.09. The van der Waals surface area contributed by atoms with Gasteiger partial charge >= 0.3 is 0 Å². The second kappa shape index (κ2) is 11.9. The maximum absolute atomic E-state index is 15.1. The molecule has 3 aromatic rings. The van der Waals surface area contributed by atoms with Gasteiger partial charge in [0.15, 0.2) is 19.9 Å². The quantitative estimate of drug-likeness (QED) is 0.198. The highest BCUT2D eigenvalue weighted by Gasteiger charge is 2.39. The second-order valence-corrected chi connectivity index (χ2v) is 15.8. The molecule has 0 bridgehead atoms. The Morgan fingerprint density at radius 3 is 2.27 bits per heavy atom. The van der Waals surface area contributed by atoms with Gasteiger partial charge in [0, 0.05) is 11.8 Å². The van der Waals surface area contributed by atoms with Gasteiger partial charge in [0.25, 0.3) is 5.91 Å². The average Bonchev–Trinajstić information content (AvgIpc) is 2.81. The van der Waals surface area contributed by atoms with E-state index in [2.05, 4.69) is 43.8 Å². The van der Waals surface area contributed by atoms with E-state index in [9.17, 15) is 4.79 Å². The zero-order chi connectivity index (χ0) is 27.4. The Hall–Kier alpha value is -2.52. The fraction of sp³-hybridized carbons (Fsp3) is 0.370. The summed E-state index contributed by atoms with van der Waals surface area (Å²) in [5.41, 5.74) is 1.15. The lowest BCUT2D eigenvalue weighted by Gasteiger charge is -2.39. The number of benzene rings is 2. The second-order valence-electron chi connectivity index (χ2n) is 10.3. The Kier molecular flexibility index (Phi) is 9.34. The third-order valence-electron chi connectivity index (χ3n) is 6.42. The minimum atomic E-state index is -2.14. The molecule has 0 fully saturated rings. The molecular formula is C27H32Cl2FN3O3Si. The molecule has 0 aliphatic carbocycles. The summed E-state index contributed by atoms with van der Waals surface area (Å²) in [5, 5.41) is -0.202. The van der Waals surface area contributed by atoms with Crippen molar-refractivity contribution in [1.82, 2.24) is 9.97 Å². The Balaban J connectivity index is 1.92. The molecule has 1 heterocycles. The number of aromatic nitrogens is 2. The van der Waals surface area contributed by atoms with Crippen molar-refractivity contribution in [2.24, 2.45) is 0 Å². The minimum Gasteiger partial charge on any atom is -0.486 e. The molecule has 0 aliphatic heterocycles. The molecule has 3 rings (SSSR count). The normalized spacial score (nSPS) is 12.8. The summed E-state index contributed by atoms with van der Waals surface area (Å²) in [6.07, 6.45) is 0.817. The topological polar surface area (TPSA) is 64.6 Å². The van der Waals surface area contributed by atoms with Crippen molar-refractivity contribution in [3.8, 4) is 5.75 Å². The van der Waals surface area contributed by atoms with Crippen LogP contribution in [-0.4, -0.2) is 36.8 Å². The van der Waals surface area contributed by atoms with Crippen LogP contribution in [-0.2, 0) is 11.0 Å². The van der Waals surface area contributed by atoms with Crippen LogP contribution in [0.5, 0.6) is 5.75 Å². The maximum atomic E-state index is 15.1. The molecule has 6 nitrogen and oxygen atoms in total. The number of hydrogen-bond donors (Lipinski definition) is 0. The summed E-state index contributed by atoms with van der Waals surface area (Å²) in [6, 6.07) is 13.8. The van der Waals surface area contributed by atoms with Crippen molar-refractivity contribution in [3.05, 3.63) is 82.1 Å². The molecule has 0 N–H and O–H groups in total. The average molecular weight is 565 g/mol. The molecule has 1 atom stereocenters. The molecule has 0 saturated carbocycles. The number of nitrogens with zero attached hydrogens (tertiary/aromatic N) is 3. The number of carbonyl (C=O) groups is 1. The largest absolute Gasteiger partial charge is 0.486 e. The SMILES string of the molecule is CC(CN(C(=O)c1c(Cl)ncnc1Cl)c1ccc(OCc2ccccc2)c(F)c1)O[Si](C)(C)C(C)(C)C. The lowest BCUT2D eigenvalue weighted by atomic mass is 10.2. The number of rotatable bonds is 9. The van der Waals surface area contributed by atoms with Crippen LogP contribution in [0.1, 0.15) is 43.6 Å². The van der Waals surface area contributed by atoms with E-state index >= 15 is 4.39 Å². The first-order valence-electron chi connectivity index (χ1n) is 11.9. The van der Waals surface area contributed by atoms with E-state index in [-0.39, 0.29) is 45.9 Å². The van der Waals surface area contributed by atoms with E-state index in [0.29, 0.717) is 5.69 Å². The number of amides is 1. The molecule has 10 heteroatoms. The first-order valence-corrected chi connectivity index (χ1v) is 15.6. The van der Waals surface area contributed by atoms with Crippen molar-refractivity contribution in [3.63, 3.8) is 0 Å². The van der Waals surface area contributed by atoms with Gasteiger partial charge in [-0.3, -0.25) is 4.79 Å². The van der Waals surface area contributed by atoms with Crippen molar-refractivity contribution in [2.45, 2.75) is 58.5 Å². The number of ether oxygens (including phenoxy) is 1. The molecule has 0 saturated heterocycles. The van der Waals surface area contributed by atoms with Crippen LogP contribution in [0.25, 0.3) is 0 Å². The van der Waals surface area contributed by atoms with Crippen molar-refractivity contribution in [2.75, 3.05) is 11.4 Å². The number of halogens is 3. The van der Waals surface area contributed by atoms with Crippen LogP contribution in [0.4, 0.5) is 10.1 Å². The summed E-state index contributed by atoms with van der Waals surface area (Å²) >= 11 is 12.4. The van der Waals surface area contributed by atoms with Gasteiger partial charge in [-0.1, -0.05) is 74.3 Å². The van der Waals surface area contributed by atoms with Crippen LogP contribution in [0.15, 0.2) is 54.9 Å². The standard InChI is InChI=1S/C27H32Cl2FN3O3Si/c1-18(36-37(5,6)27(2,3)4)15-33(26(34)23-24(28)31-17-32-25(23)29)20-12-13-22(21(30)14-20)35-16-19-10-8-7-9-11-19/h7-14,17-18H,15-16H2,1-6H3. The van der Waals surface area contributed by atoms with Gasteiger partial charge in [-0.25, -0.2) is 14.4 Å². The monoisotopic (exact) mass is 563 g/mol. The van der Waals surface area contributed by atoms with Gasteiger partial charge in [0.1, 0.15) is 28.8 Å². The number of anilines is 1. The van der Waals surface area contributed by atoms with Crippen molar-refractivity contribution >= 4 is 43.1 Å². The summed E-state index contributed by atoms with van der Waals surface area (Å²) in [4.78, 5) is 22.9. The van der Waals surface area contributed by atoms with Crippen LogP contribution >= 0.6 is 23.2 Å². The maximum Gasteiger partial charge on any atom is 0.264 e. The molecule has 2 aromatic carbocycles. The van der Waals surface area contributed by atoms with Crippen LogP contribution < -0.4 is 9.64 Å². The summed E-state index contributed by atoms with van der Waals surface area (Å²) < 4.78 is 27.3. The first kappa shape index (κ1) is 29.0.